The Kier molecular flexibility index (Phi) is 5.93. The minimum atomic E-state index is -0.957. The SMILES string of the molecule is CCN(C(C)C)C(CCC(=O)O)C(=O)O. The normalized spacial score (nSPS) is 13.1. The number of carboxylic acid groups (broad SMARTS) is 2. The molecule has 0 rings (SSSR count). The Morgan fingerprint density at radius 3 is 2.07 bits per heavy atom. The molecule has 5 nitrogen and oxygen atoms in total. The van der Waals surface area contributed by atoms with Crippen molar-refractivity contribution >= 4 is 11.9 Å². The molecule has 0 aliphatic carbocycles. The number of rotatable bonds is 7. The zero-order chi connectivity index (χ0) is 12.0. The first kappa shape index (κ1) is 13.9. The fourth-order valence-corrected chi connectivity index (χ4v) is 1.64. The van der Waals surface area contributed by atoms with E-state index in [1.54, 1.807) is 4.90 Å². The molecule has 1 unspecified atom stereocenters. The average molecular weight is 217 g/mol. The van der Waals surface area contributed by atoms with Gasteiger partial charge in [0, 0.05) is 12.5 Å². The number of likely N-dealkylation sites (N-methyl/N-ethyl adjacent to an activating group) is 1. The van der Waals surface area contributed by atoms with Crippen molar-refractivity contribution in [1.82, 2.24) is 4.90 Å². The molecule has 0 aliphatic rings. The second-order valence-corrected chi connectivity index (χ2v) is 3.71. The summed E-state index contributed by atoms with van der Waals surface area (Å²) in [6.45, 7) is 6.28. The molecule has 15 heavy (non-hydrogen) atoms. The van der Waals surface area contributed by atoms with Crippen LogP contribution in [0.4, 0.5) is 0 Å². The molecular formula is C10H19NO4. The summed E-state index contributed by atoms with van der Waals surface area (Å²) in [6.07, 6.45) is 0.0386. The highest BCUT2D eigenvalue weighted by Crippen LogP contribution is 2.11. The van der Waals surface area contributed by atoms with E-state index >= 15 is 0 Å². The molecule has 0 amide bonds. The van der Waals surface area contributed by atoms with E-state index in [9.17, 15) is 9.59 Å². The van der Waals surface area contributed by atoms with E-state index in [2.05, 4.69) is 0 Å². The summed E-state index contributed by atoms with van der Waals surface area (Å²) in [5.74, 6) is -1.91. The number of carboxylic acids is 2. The van der Waals surface area contributed by atoms with Gasteiger partial charge >= 0.3 is 11.9 Å². The lowest BCUT2D eigenvalue weighted by atomic mass is 10.1. The van der Waals surface area contributed by atoms with Gasteiger partial charge in [-0.05, 0) is 26.8 Å². The third-order valence-corrected chi connectivity index (χ3v) is 2.35. The molecule has 0 heterocycles. The summed E-state index contributed by atoms with van der Waals surface area (Å²) in [5.41, 5.74) is 0. The van der Waals surface area contributed by atoms with Crippen LogP contribution in [-0.4, -0.2) is 45.7 Å². The molecule has 0 saturated heterocycles. The van der Waals surface area contributed by atoms with Gasteiger partial charge in [0.1, 0.15) is 6.04 Å². The Morgan fingerprint density at radius 1 is 1.27 bits per heavy atom. The van der Waals surface area contributed by atoms with Crippen LogP contribution in [0.5, 0.6) is 0 Å². The third kappa shape index (κ3) is 4.78. The van der Waals surface area contributed by atoms with Gasteiger partial charge in [-0.25, -0.2) is 0 Å². The molecule has 5 heteroatoms. The van der Waals surface area contributed by atoms with Gasteiger partial charge in [-0.3, -0.25) is 14.5 Å². The molecule has 0 aromatic carbocycles. The van der Waals surface area contributed by atoms with Crippen molar-refractivity contribution in [3.8, 4) is 0 Å². The fraction of sp³-hybridized carbons (Fsp3) is 0.800. The number of carbonyl (C=O) groups is 2. The standard InChI is InChI=1S/C10H19NO4/c1-4-11(7(2)3)8(10(14)15)5-6-9(12)13/h7-8H,4-6H2,1-3H3,(H,12,13)(H,14,15). The van der Waals surface area contributed by atoms with Crippen molar-refractivity contribution < 1.29 is 19.8 Å². The minimum absolute atomic E-state index is 0.102. The molecular weight excluding hydrogens is 198 g/mol. The van der Waals surface area contributed by atoms with Crippen molar-refractivity contribution in [1.29, 1.82) is 0 Å². The summed E-state index contributed by atoms with van der Waals surface area (Å²) in [4.78, 5) is 23.2. The summed E-state index contributed by atoms with van der Waals surface area (Å²) in [6, 6.07) is -0.601. The molecule has 0 aromatic rings. The van der Waals surface area contributed by atoms with Crippen LogP contribution in [-0.2, 0) is 9.59 Å². The Balaban J connectivity index is 4.48. The Morgan fingerprint density at radius 2 is 1.80 bits per heavy atom. The maximum absolute atomic E-state index is 11.0. The van der Waals surface area contributed by atoms with Gasteiger partial charge in [0.05, 0.1) is 0 Å². The van der Waals surface area contributed by atoms with Gasteiger partial charge < -0.3 is 10.2 Å². The van der Waals surface area contributed by atoms with E-state index in [1.807, 2.05) is 20.8 Å². The molecule has 1 atom stereocenters. The van der Waals surface area contributed by atoms with Crippen LogP contribution in [0.3, 0.4) is 0 Å². The van der Waals surface area contributed by atoms with E-state index in [-0.39, 0.29) is 18.9 Å². The second-order valence-electron chi connectivity index (χ2n) is 3.71. The highest BCUT2D eigenvalue weighted by molar-refractivity contribution is 5.75. The second kappa shape index (κ2) is 6.40. The van der Waals surface area contributed by atoms with E-state index in [0.717, 1.165) is 0 Å². The summed E-state index contributed by atoms with van der Waals surface area (Å²) < 4.78 is 0. The van der Waals surface area contributed by atoms with Crippen LogP contribution >= 0.6 is 0 Å². The number of aliphatic carboxylic acids is 2. The molecule has 0 bridgehead atoms. The van der Waals surface area contributed by atoms with Gasteiger partial charge in [0.2, 0.25) is 0 Å². The minimum Gasteiger partial charge on any atom is -0.481 e. The molecule has 0 saturated carbocycles. The van der Waals surface area contributed by atoms with Crippen molar-refractivity contribution in [3.63, 3.8) is 0 Å². The van der Waals surface area contributed by atoms with E-state index in [0.29, 0.717) is 6.54 Å². The molecule has 88 valence electrons. The Bertz CT molecular complexity index is 227. The first-order valence-corrected chi connectivity index (χ1v) is 5.10. The first-order chi connectivity index (χ1) is 6.90. The monoisotopic (exact) mass is 217 g/mol. The quantitative estimate of drug-likeness (QED) is 0.666. The van der Waals surface area contributed by atoms with Crippen molar-refractivity contribution in [2.75, 3.05) is 6.54 Å². The maximum Gasteiger partial charge on any atom is 0.320 e. The van der Waals surface area contributed by atoms with E-state index < -0.39 is 18.0 Å². The summed E-state index contributed by atoms with van der Waals surface area (Å²) >= 11 is 0. The van der Waals surface area contributed by atoms with Gasteiger partial charge in [-0.1, -0.05) is 6.92 Å². The maximum atomic E-state index is 11.0. The molecule has 0 aromatic heterocycles. The topological polar surface area (TPSA) is 77.8 Å². The van der Waals surface area contributed by atoms with Gasteiger partial charge in [-0.2, -0.15) is 0 Å². The number of hydrogen-bond donors (Lipinski definition) is 2. The largest absolute Gasteiger partial charge is 0.481 e. The highest BCUT2D eigenvalue weighted by Gasteiger charge is 2.26. The van der Waals surface area contributed by atoms with Crippen molar-refractivity contribution in [2.24, 2.45) is 0 Å². The van der Waals surface area contributed by atoms with E-state index in [1.165, 1.54) is 0 Å². The number of hydrogen-bond acceptors (Lipinski definition) is 3. The smallest absolute Gasteiger partial charge is 0.320 e. The zero-order valence-corrected chi connectivity index (χ0v) is 9.43. The van der Waals surface area contributed by atoms with Gasteiger partial charge in [0.25, 0.3) is 0 Å². The van der Waals surface area contributed by atoms with Crippen molar-refractivity contribution in [2.45, 2.75) is 45.7 Å². The van der Waals surface area contributed by atoms with Gasteiger partial charge in [0.15, 0.2) is 0 Å². The molecule has 0 radical (unpaired) electrons. The van der Waals surface area contributed by atoms with Crippen LogP contribution in [0.15, 0.2) is 0 Å². The zero-order valence-electron chi connectivity index (χ0n) is 9.43. The van der Waals surface area contributed by atoms with Crippen LogP contribution in [0.1, 0.15) is 33.6 Å². The lowest BCUT2D eigenvalue weighted by Crippen LogP contribution is -2.45. The molecule has 2 N–H and O–H groups in total. The predicted octanol–water partition coefficient (Wildman–Crippen LogP) is 1.03. The first-order valence-electron chi connectivity index (χ1n) is 5.10. The van der Waals surface area contributed by atoms with Crippen LogP contribution in [0, 0.1) is 0 Å². The Labute approximate surface area is 89.7 Å². The molecule has 0 fully saturated rings. The van der Waals surface area contributed by atoms with Crippen LogP contribution < -0.4 is 0 Å². The summed E-state index contributed by atoms with van der Waals surface area (Å²) in [7, 11) is 0. The molecule has 0 spiro atoms. The molecule has 0 aliphatic heterocycles. The average Bonchev–Trinajstić information content (AvgIpc) is 2.10. The predicted molar refractivity (Wildman–Crippen MR) is 55.8 cm³/mol. The fourth-order valence-electron chi connectivity index (χ4n) is 1.64. The Hall–Kier alpha value is -1.10. The van der Waals surface area contributed by atoms with E-state index in [4.69, 9.17) is 10.2 Å². The summed E-state index contributed by atoms with van der Waals surface area (Å²) in [5, 5.41) is 17.5. The lowest BCUT2D eigenvalue weighted by Gasteiger charge is -2.30. The van der Waals surface area contributed by atoms with Crippen LogP contribution in [0.2, 0.25) is 0 Å². The highest BCUT2D eigenvalue weighted by atomic mass is 16.4. The van der Waals surface area contributed by atoms with Crippen molar-refractivity contribution in [3.05, 3.63) is 0 Å². The van der Waals surface area contributed by atoms with Crippen LogP contribution in [0.25, 0.3) is 0 Å². The van der Waals surface area contributed by atoms with Gasteiger partial charge in [-0.15, -0.1) is 0 Å². The third-order valence-electron chi connectivity index (χ3n) is 2.35. The lowest BCUT2D eigenvalue weighted by molar-refractivity contribution is -0.145. The number of nitrogens with zero attached hydrogens (tertiary/aromatic N) is 1.